The van der Waals surface area contributed by atoms with Crippen molar-refractivity contribution in [3.63, 3.8) is 0 Å². The fourth-order valence-electron chi connectivity index (χ4n) is 4.34. The first-order chi connectivity index (χ1) is 14.8. The molecule has 8 heteroatoms. The van der Waals surface area contributed by atoms with Crippen molar-refractivity contribution in [3.8, 4) is 0 Å². The Balaban J connectivity index is 0.938. The molecule has 0 N–H and O–H groups in total. The highest BCUT2D eigenvalue weighted by Crippen LogP contribution is 2.34. The molecule has 4 saturated heterocycles. The summed E-state index contributed by atoms with van der Waals surface area (Å²) in [6, 6.07) is 0. The molecule has 4 aliphatic heterocycles. The summed E-state index contributed by atoms with van der Waals surface area (Å²) in [6.07, 6.45) is 10.3. The fraction of sp³-hybridized carbons (Fsp3) is 1.00. The molecule has 2 spiro atoms. The minimum absolute atomic E-state index is 0.0172. The highest BCUT2D eigenvalue weighted by atomic mass is 16.9. The van der Waals surface area contributed by atoms with Crippen LogP contribution in [-0.4, -0.2) is 77.0 Å². The van der Waals surface area contributed by atoms with Gasteiger partial charge < -0.3 is 37.9 Å². The molecule has 4 rings (SSSR count). The molecule has 8 nitrogen and oxygen atoms in total. The molecule has 4 atom stereocenters. The van der Waals surface area contributed by atoms with Crippen molar-refractivity contribution in [2.24, 2.45) is 0 Å². The molecule has 0 amide bonds. The van der Waals surface area contributed by atoms with E-state index < -0.39 is 11.9 Å². The summed E-state index contributed by atoms with van der Waals surface area (Å²) in [5.74, 6) is -1.57. The van der Waals surface area contributed by atoms with Gasteiger partial charge in [0.15, 0.2) is 0 Å². The molecule has 30 heavy (non-hydrogen) atoms. The number of ether oxygens (including phenoxy) is 8. The largest absolute Gasteiger partial charge is 0.379 e. The highest BCUT2D eigenvalue weighted by Gasteiger charge is 2.45. The van der Waals surface area contributed by atoms with Crippen LogP contribution < -0.4 is 0 Å². The summed E-state index contributed by atoms with van der Waals surface area (Å²) in [5, 5.41) is 0. The van der Waals surface area contributed by atoms with E-state index in [0.717, 1.165) is 77.4 Å². The van der Waals surface area contributed by atoms with Crippen molar-refractivity contribution in [3.05, 3.63) is 0 Å². The van der Waals surface area contributed by atoms with Gasteiger partial charge in [0.1, 0.15) is 12.2 Å². The minimum atomic E-state index is -0.786. The average Bonchev–Trinajstić information content (AvgIpc) is 3.34. The second-order valence-electron chi connectivity index (χ2n) is 8.64. The predicted molar refractivity (Wildman–Crippen MR) is 107 cm³/mol. The maximum atomic E-state index is 5.93. The molecule has 4 unspecified atom stereocenters. The van der Waals surface area contributed by atoms with Crippen molar-refractivity contribution < 1.29 is 37.9 Å². The van der Waals surface area contributed by atoms with Crippen LogP contribution in [0, 0.1) is 0 Å². The Morgan fingerprint density at radius 3 is 1.53 bits per heavy atom. The van der Waals surface area contributed by atoms with Crippen molar-refractivity contribution >= 4 is 0 Å². The zero-order chi connectivity index (χ0) is 20.5. The molecule has 0 radical (unpaired) electrons. The molecule has 0 aromatic carbocycles. The Hall–Kier alpha value is -0.320. The molecule has 4 fully saturated rings. The van der Waals surface area contributed by atoms with E-state index in [0.29, 0.717) is 39.6 Å². The van der Waals surface area contributed by atoms with Gasteiger partial charge in [0.05, 0.1) is 39.6 Å². The molecular weight excluding hydrogens is 392 g/mol. The zero-order valence-corrected chi connectivity index (χ0v) is 18.1. The second-order valence-corrected chi connectivity index (χ2v) is 8.64. The van der Waals surface area contributed by atoms with Gasteiger partial charge in [-0.3, -0.25) is 0 Å². The quantitative estimate of drug-likeness (QED) is 0.463. The van der Waals surface area contributed by atoms with Gasteiger partial charge in [-0.15, -0.1) is 0 Å². The number of hydrogen-bond acceptors (Lipinski definition) is 8. The van der Waals surface area contributed by atoms with Crippen LogP contribution in [0.1, 0.15) is 64.2 Å². The number of hydrogen-bond donors (Lipinski definition) is 0. The van der Waals surface area contributed by atoms with Crippen LogP contribution in [0.25, 0.3) is 0 Å². The molecular formula is C22H38O8. The monoisotopic (exact) mass is 430 g/mol. The molecule has 0 aromatic rings. The summed E-state index contributed by atoms with van der Waals surface area (Å²) in [5.41, 5.74) is 0. The number of rotatable bonds is 11. The summed E-state index contributed by atoms with van der Waals surface area (Å²) in [4.78, 5) is 0. The third-order valence-electron chi connectivity index (χ3n) is 6.00. The van der Waals surface area contributed by atoms with E-state index in [2.05, 4.69) is 0 Å². The summed E-state index contributed by atoms with van der Waals surface area (Å²) < 4.78 is 46.2. The summed E-state index contributed by atoms with van der Waals surface area (Å²) in [6.45, 7) is 5.20. The predicted octanol–water partition coefficient (Wildman–Crippen LogP) is 3.12. The average molecular weight is 431 g/mol. The fourth-order valence-corrected chi connectivity index (χ4v) is 4.34. The molecule has 0 saturated carbocycles. The highest BCUT2D eigenvalue weighted by molar-refractivity contribution is 4.75. The molecule has 4 aliphatic rings. The lowest BCUT2D eigenvalue weighted by atomic mass is 10.2. The van der Waals surface area contributed by atoms with Crippen LogP contribution in [-0.2, 0) is 37.9 Å². The topological polar surface area (TPSA) is 73.8 Å². The maximum absolute atomic E-state index is 5.93. The Bertz CT molecular complexity index is 446. The van der Waals surface area contributed by atoms with Gasteiger partial charge in [-0.25, -0.2) is 0 Å². The van der Waals surface area contributed by atoms with Crippen LogP contribution in [0.5, 0.6) is 0 Å². The van der Waals surface area contributed by atoms with Crippen molar-refractivity contribution in [1.82, 2.24) is 0 Å². The molecule has 174 valence electrons. The van der Waals surface area contributed by atoms with Crippen molar-refractivity contribution in [2.75, 3.05) is 52.9 Å². The minimum Gasteiger partial charge on any atom is -0.379 e. The number of unbranched alkanes of at least 4 members (excludes halogenated alkanes) is 3. The van der Waals surface area contributed by atoms with E-state index in [1.54, 1.807) is 0 Å². The Kier molecular flexibility index (Phi) is 8.78. The van der Waals surface area contributed by atoms with Gasteiger partial charge in [0, 0.05) is 26.1 Å². The lowest BCUT2D eigenvalue weighted by Crippen LogP contribution is -2.38. The van der Waals surface area contributed by atoms with Gasteiger partial charge >= 0.3 is 0 Å². The molecule has 0 aliphatic carbocycles. The van der Waals surface area contributed by atoms with Crippen LogP contribution >= 0.6 is 0 Å². The van der Waals surface area contributed by atoms with E-state index >= 15 is 0 Å². The van der Waals surface area contributed by atoms with E-state index in [4.69, 9.17) is 37.9 Å². The molecule has 0 aromatic heterocycles. The SMILES string of the molecule is C(CCCOCC1COC2(CCCCO2)O1)CCOCC1COC2(CCCCO2)O1. The first-order valence-electron chi connectivity index (χ1n) is 11.8. The third kappa shape index (κ3) is 6.59. The van der Waals surface area contributed by atoms with E-state index in [-0.39, 0.29) is 12.2 Å². The first kappa shape index (κ1) is 22.9. The molecule has 4 heterocycles. The van der Waals surface area contributed by atoms with Crippen molar-refractivity contribution in [1.29, 1.82) is 0 Å². The van der Waals surface area contributed by atoms with Crippen LogP contribution in [0.2, 0.25) is 0 Å². The summed E-state index contributed by atoms with van der Waals surface area (Å²) in [7, 11) is 0. The molecule has 0 bridgehead atoms. The third-order valence-corrected chi connectivity index (χ3v) is 6.00. The first-order valence-corrected chi connectivity index (χ1v) is 11.8. The van der Waals surface area contributed by atoms with Gasteiger partial charge in [-0.2, -0.15) is 0 Å². The van der Waals surface area contributed by atoms with Crippen LogP contribution in [0.4, 0.5) is 0 Å². The lowest BCUT2D eigenvalue weighted by molar-refractivity contribution is -0.352. The smallest absolute Gasteiger partial charge is 0.283 e. The van der Waals surface area contributed by atoms with Crippen LogP contribution in [0.15, 0.2) is 0 Å². The van der Waals surface area contributed by atoms with Crippen LogP contribution in [0.3, 0.4) is 0 Å². The van der Waals surface area contributed by atoms with Gasteiger partial charge in [-0.1, -0.05) is 12.8 Å². The Labute approximate surface area is 179 Å². The van der Waals surface area contributed by atoms with Crippen molar-refractivity contribution in [2.45, 2.75) is 88.4 Å². The van der Waals surface area contributed by atoms with Gasteiger partial charge in [-0.05, 0) is 38.5 Å². The van der Waals surface area contributed by atoms with Gasteiger partial charge in [0.2, 0.25) is 0 Å². The lowest BCUT2D eigenvalue weighted by Gasteiger charge is -2.31. The normalized spacial score (nSPS) is 36.8. The Morgan fingerprint density at radius 2 is 1.10 bits per heavy atom. The van der Waals surface area contributed by atoms with Gasteiger partial charge in [0.25, 0.3) is 11.9 Å². The second kappa shape index (κ2) is 11.5. The standard InChI is InChI=1S/C22H38O8/c1(5-11-23-15-19-17-27-21(29-19)9-3-7-13-25-21)2-6-12-24-16-20-18-28-22(30-20)10-4-8-14-26-22/h19-20H,1-18H2. The zero-order valence-electron chi connectivity index (χ0n) is 18.1. The summed E-state index contributed by atoms with van der Waals surface area (Å²) >= 11 is 0. The van der Waals surface area contributed by atoms with E-state index in [1.807, 2.05) is 0 Å². The van der Waals surface area contributed by atoms with E-state index in [9.17, 15) is 0 Å². The van der Waals surface area contributed by atoms with E-state index in [1.165, 1.54) is 0 Å². The maximum Gasteiger partial charge on any atom is 0.283 e. The Morgan fingerprint density at radius 1 is 0.600 bits per heavy atom.